The smallest absolute Gasteiger partial charge is 0.337 e. The predicted octanol–water partition coefficient (Wildman–Crippen LogP) is 17.5. The highest BCUT2D eigenvalue weighted by molar-refractivity contribution is 7.53. The molecule has 0 radical (unpaired) electrons. The van der Waals surface area contributed by atoms with Crippen LogP contribution in [0.15, 0.2) is 12.1 Å². The molecule has 0 aromatic heterocycles. The van der Waals surface area contributed by atoms with Gasteiger partial charge in [0.1, 0.15) is 10.9 Å². The van der Waals surface area contributed by atoms with Crippen molar-refractivity contribution in [2.75, 3.05) is 0 Å². The zero-order chi connectivity index (χ0) is 41.8. The van der Waals surface area contributed by atoms with E-state index in [1.54, 1.807) is 0 Å². The first-order valence-electron chi connectivity index (χ1n) is 24.6. The fraction of sp³-hybridized carbons (Fsp3) is 0.882. The highest BCUT2D eigenvalue weighted by Gasteiger charge is 2.63. The monoisotopic (exact) mass is 805 g/mol. The van der Waals surface area contributed by atoms with Gasteiger partial charge in [-0.2, -0.15) is 0 Å². The van der Waals surface area contributed by atoms with E-state index in [1.165, 1.54) is 180 Å². The third-order valence-corrected chi connectivity index (χ3v) is 15.4. The molecule has 330 valence electrons. The number of benzene rings is 1. The SMILES string of the molecule is CCCCCCCCCCCCCCCCCCc1cc(C(C(C)(C)C)(C(C)(C)C)P(=O)(O)O)cc(CCCCCCCCCCCCCCCCCC)c1O. The molecule has 0 atom stereocenters. The zero-order valence-electron chi connectivity index (χ0n) is 38.9. The molecule has 1 rings (SSSR count). The quantitative estimate of drug-likeness (QED) is 0.0466. The van der Waals surface area contributed by atoms with Crippen LogP contribution in [0.3, 0.4) is 0 Å². The number of hydrogen-bond acceptors (Lipinski definition) is 2. The van der Waals surface area contributed by atoms with Crippen LogP contribution in [-0.2, 0) is 22.6 Å². The second-order valence-electron chi connectivity index (χ2n) is 20.0. The molecular formula is C51H97O4P. The average Bonchev–Trinajstić information content (AvgIpc) is 3.11. The molecule has 1 aromatic rings. The predicted molar refractivity (Wildman–Crippen MR) is 247 cm³/mol. The normalized spacial score (nSPS) is 12.9. The van der Waals surface area contributed by atoms with Gasteiger partial charge in [0.2, 0.25) is 0 Å². The maximum Gasteiger partial charge on any atom is 0.337 e. The van der Waals surface area contributed by atoms with Gasteiger partial charge in [0.05, 0.1) is 0 Å². The number of unbranched alkanes of at least 4 members (excludes halogenated alkanes) is 30. The molecule has 0 saturated heterocycles. The lowest BCUT2D eigenvalue weighted by Gasteiger charge is -2.53. The largest absolute Gasteiger partial charge is 0.507 e. The molecule has 0 fully saturated rings. The van der Waals surface area contributed by atoms with E-state index in [9.17, 15) is 19.5 Å². The van der Waals surface area contributed by atoms with E-state index < -0.39 is 23.6 Å². The summed E-state index contributed by atoms with van der Waals surface area (Å²) in [6.45, 7) is 16.4. The number of rotatable bonds is 36. The molecule has 0 aliphatic heterocycles. The van der Waals surface area contributed by atoms with Crippen LogP contribution >= 0.6 is 7.60 Å². The van der Waals surface area contributed by atoms with E-state index in [0.717, 1.165) is 49.7 Å². The average molecular weight is 805 g/mol. The van der Waals surface area contributed by atoms with Gasteiger partial charge in [-0.1, -0.05) is 260 Å². The molecule has 0 spiro atoms. The summed E-state index contributed by atoms with van der Waals surface area (Å²) in [6.07, 6.45) is 43.8. The van der Waals surface area contributed by atoms with Crippen molar-refractivity contribution in [3.63, 3.8) is 0 Å². The lowest BCUT2D eigenvalue weighted by atomic mass is 9.62. The van der Waals surface area contributed by atoms with Gasteiger partial charge in [-0.15, -0.1) is 0 Å². The van der Waals surface area contributed by atoms with Crippen LogP contribution < -0.4 is 0 Å². The molecule has 5 heteroatoms. The molecular weight excluding hydrogens is 708 g/mol. The van der Waals surface area contributed by atoms with Gasteiger partial charge in [0.15, 0.2) is 0 Å². The Hall–Kier alpha value is -0.830. The first-order chi connectivity index (χ1) is 26.6. The molecule has 56 heavy (non-hydrogen) atoms. The summed E-state index contributed by atoms with van der Waals surface area (Å²) >= 11 is 0. The van der Waals surface area contributed by atoms with Crippen molar-refractivity contribution in [3.05, 3.63) is 28.8 Å². The summed E-state index contributed by atoms with van der Waals surface area (Å²) in [4.78, 5) is 22.4. The third kappa shape index (κ3) is 20.4. The van der Waals surface area contributed by atoms with Crippen LogP contribution in [0, 0.1) is 10.8 Å². The van der Waals surface area contributed by atoms with Crippen LogP contribution in [0.2, 0.25) is 0 Å². The van der Waals surface area contributed by atoms with Gasteiger partial charge >= 0.3 is 7.60 Å². The summed E-state index contributed by atoms with van der Waals surface area (Å²) in [5.41, 5.74) is 1.01. The Bertz CT molecular complexity index is 1070. The van der Waals surface area contributed by atoms with Gasteiger partial charge in [-0.25, -0.2) is 0 Å². The number of aryl methyl sites for hydroxylation is 2. The summed E-state index contributed by atoms with van der Waals surface area (Å²) in [6, 6.07) is 3.93. The molecule has 3 N–H and O–H groups in total. The lowest BCUT2D eigenvalue weighted by molar-refractivity contribution is 0.0982. The summed E-state index contributed by atoms with van der Waals surface area (Å²) in [7, 11) is -4.64. The highest BCUT2D eigenvalue weighted by atomic mass is 31.2. The van der Waals surface area contributed by atoms with Crippen molar-refractivity contribution < 1.29 is 19.5 Å². The second-order valence-corrected chi connectivity index (χ2v) is 21.8. The number of hydrogen-bond donors (Lipinski definition) is 3. The molecule has 0 aliphatic carbocycles. The van der Waals surface area contributed by atoms with Crippen LogP contribution in [0.5, 0.6) is 5.75 Å². The lowest BCUT2D eigenvalue weighted by Crippen LogP contribution is -2.50. The third-order valence-electron chi connectivity index (χ3n) is 12.9. The fourth-order valence-electron chi connectivity index (χ4n) is 10.1. The van der Waals surface area contributed by atoms with Gasteiger partial charge in [0, 0.05) is 0 Å². The van der Waals surface area contributed by atoms with Crippen LogP contribution in [0.1, 0.15) is 278 Å². The minimum absolute atomic E-state index is 0.359. The molecule has 1 aromatic carbocycles. The van der Waals surface area contributed by atoms with E-state index in [2.05, 4.69) is 13.8 Å². The maximum absolute atomic E-state index is 13.7. The molecule has 0 saturated carbocycles. The Morgan fingerprint density at radius 2 is 0.625 bits per heavy atom. The summed E-state index contributed by atoms with van der Waals surface area (Å²) < 4.78 is 13.7. The van der Waals surface area contributed by atoms with E-state index >= 15 is 0 Å². The first-order valence-corrected chi connectivity index (χ1v) is 26.2. The van der Waals surface area contributed by atoms with Gasteiger partial charge in [-0.05, 0) is 53.2 Å². The molecule has 0 unspecified atom stereocenters. The van der Waals surface area contributed by atoms with Crippen molar-refractivity contribution in [2.45, 2.75) is 279 Å². The minimum Gasteiger partial charge on any atom is -0.507 e. The molecule has 4 nitrogen and oxygen atoms in total. The highest BCUT2D eigenvalue weighted by Crippen LogP contribution is 2.72. The molecule has 0 bridgehead atoms. The number of phenols is 1. The van der Waals surface area contributed by atoms with Crippen molar-refractivity contribution in [1.82, 2.24) is 0 Å². The molecule has 0 heterocycles. The van der Waals surface area contributed by atoms with Crippen molar-refractivity contribution in [3.8, 4) is 5.75 Å². The van der Waals surface area contributed by atoms with Gasteiger partial charge in [0.25, 0.3) is 0 Å². The van der Waals surface area contributed by atoms with E-state index in [-0.39, 0.29) is 0 Å². The Morgan fingerprint density at radius 1 is 0.411 bits per heavy atom. The molecule has 0 amide bonds. The van der Waals surface area contributed by atoms with Crippen molar-refractivity contribution >= 4 is 7.60 Å². The van der Waals surface area contributed by atoms with Crippen LogP contribution in [-0.4, -0.2) is 14.9 Å². The Labute approximate surface area is 350 Å². The molecule has 0 aliphatic rings. The standard InChI is InChI=1S/C51H97O4P/c1-9-11-13-15-17-19-21-23-25-27-29-31-33-35-37-39-41-45-43-47(51(49(3,4)5,50(6,7)8)56(53,54)55)44-46(48(45)52)42-40-38-36-34-32-30-28-26-24-22-20-18-16-14-12-10-2/h43-44,52H,9-42H2,1-8H3,(H2,53,54,55). The zero-order valence-corrected chi connectivity index (χ0v) is 39.8. The number of aromatic hydroxyl groups is 1. The van der Waals surface area contributed by atoms with Gasteiger partial charge < -0.3 is 14.9 Å². The Kier molecular flexibility index (Phi) is 28.7. The minimum atomic E-state index is -4.64. The van der Waals surface area contributed by atoms with Gasteiger partial charge in [-0.3, -0.25) is 4.57 Å². The van der Waals surface area contributed by atoms with E-state index in [0.29, 0.717) is 11.3 Å². The summed E-state index contributed by atoms with van der Waals surface area (Å²) in [5, 5.41) is 10.2. The van der Waals surface area contributed by atoms with Crippen LogP contribution in [0.25, 0.3) is 0 Å². The summed E-state index contributed by atoms with van der Waals surface area (Å²) in [5.74, 6) is 0.359. The first kappa shape index (κ1) is 53.2. The Balaban J connectivity index is 2.70. The van der Waals surface area contributed by atoms with Crippen LogP contribution in [0.4, 0.5) is 0 Å². The Morgan fingerprint density at radius 3 is 0.821 bits per heavy atom. The number of phenolic OH excluding ortho intramolecular Hbond substituents is 1. The maximum atomic E-state index is 13.7. The van der Waals surface area contributed by atoms with E-state index in [4.69, 9.17) is 0 Å². The van der Waals surface area contributed by atoms with Crippen molar-refractivity contribution in [2.24, 2.45) is 10.8 Å². The van der Waals surface area contributed by atoms with Crippen molar-refractivity contribution in [1.29, 1.82) is 0 Å². The fourth-order valence-corrected chi connectivity index (χ4v) is 12.3. The second kappa shape index (κ2) is 30.2. The topological polar surface area (TPSA) is 77.8 Å². The van der Waals surface area contributed by atoms with E-state index in [1.807, 2.05) is 53.7 Å².